The van der Waals surface area contributed by atoms with E-state index in [4.69, 9.17) is 18.6 Å². The highest BCUT2D eigenvalue weighted by Gasteiger charge is 2.39. The Morgan fingerprint density at radius 2 is 2.00 bits per heavy atom. The summed E-state index contributed by atoms with van der Waals surface area (Å²) in [6, 6.07) is 3.92. The van der Waals surface area contributed by atoms with Gasteiger partial charge in [0.25, 0.3) is 10.1 Å². The van der Waals surface area contributed by atoms with E-state index < -0.39 is 10.1 Å². The van der Waals surface area contributed by atoms with Crippen molar-refractivity contribution in [3.63, 3.8) is 0 Å². The van der Waals surface area contributed by atoms with Crippen molar-refractivity contribution in [2.24, 2.45) is 4.99 Å². The first-order chi connectivity index (χ1) is 14.4. The van der Waals surface area contributed by atoms with Crippen LogP contribution in [0.3, 0.4) is 0 Å². The number of fused-ring (bicyclic) bond motifs is 3. The van der Waals surface area contributed by atoms with Crippen LogP contribution in [0.15, 0.2) is 35.7 Å². The van der Waals surface area contributed by atoms with Crippen molar-refractivity contribution in [1.29, 1.82) is 0 Å². The summed E-state index contributed by atoms with van der Waals surface area (Å²) < 4.78 is 40.0. The van der Waals surface area contributed by atoms with Crippen LogP contribution in [0, 0.1) is 0 Å². The van der Waals surface area contributed by atoms with Crippen molar-refractivity contribution in [2.75, 3.05) is 20.0 Å². The average Bonchev–Trinajstić information content (AvgIpc) is 2.72. The zero-order chi connectivity index (χ0) is 21.3. The van der Waals surface area contributed by atoms with E-state index in [2.05, 4.69) is 9.97 Å². The van der Waals surface area contributed by atoms with E-state index in [1.165, 1.54) is 0 Å². The van der Waals surface area contributed by atoms with Gasteiger partial charge in [-0.05, 0) is 43.9 Å². The lowest BCUT2D eigenvalue weighted by Crippen LogP contribution is -2.36. The van der Waals surface area contributed by atoms with Gasteiger partial charge >= 0.3 is 0 Å². The van der Waals surface area contributed by atoms with Crippen molar-refractivity contribution in [2.45, 2.75) is 44.2 Å². The van der Waals surface area contributed by atoms with Gasteiger partial charge in [-0.15, -0.1) is 0 Å². The molecule has 8 nitrogen and oxygen atoms in total. The first-order valence-corrected chi connectivity index (χ1v) is 11.8. The van der Waals surface area contributed by atoms with E-state index in [0.29, 0.717) is 36.6 Å². The smallest absolute Gasteiger partial charge is 0.264 e. The fraction of sp³-hybridized carbons (Fsp3) is 0.476. The lowest BCUT2D eigenvalue weighted by Gasteiger charge is -2.38. The molecule has 0 saturated heterocycles. The maximum absolute atomic E-state index is 11.7. The molecule has 1 aliphatic carbocycles. The largest absolute Gasteiger partial charge is 0.493 e. The van der Waals surface area contributed by atoms with Crippen LogP contribution < -0.4 is 9.47 Å². The molecule has 1 aromatic heterocycles. The van der Waals surface area contributed by atoms with Gasteiger partial charge in [0.1, 0.15) is 5.69 Å². The molecule has 2 heterocycles. The lowest BCUT2D eigenvalue weighted by molar-refractivity contribution is 0.141. The van der Waals surface area contributed by atoms with Gasteiger partial charge in [0.05, 0.1) is 44.0 Å². The van der Waals surface area contributed by atoms with E-state index in [9.17, 15) is 8.42 Å². The minimum atomic E-state index is -3.52. The van der Waals surface area contributed by atoms with Crippen molar-refractivity contribution in [1.82, 2.24) is 9.97 Å². The molecular weight excluding hydrogens is 406 g/mol. The molecule has 2 aromatic rings. The number of hydrogen-bond donors (Lipinski definition) is 0. The maximum atomic E-state index is 11.7. The van der Waals surface area contributed by atoms with Crippen LogP contribution in [-0.4, -0.2) is 56.2 Å². The van der Waals surface area contributed by atoms with Gasteiger partial charge < -0.3 is 9.47 Å². The molecule has 0 radical (unpaired) electrons. The Balaban J connectivity index is 1.81. The standard InChI is InChI=1S/C21H25N3O5S/c1-4-28-20-10-14-15-9-13(29-30(3,25)26)5-6-17(15)24-21(16(14)11-19(20)27-2)18-12-22-7-8-23-18/h7-8,10-13,15,17H,4-6,9H2,1-3H3/t13-,15-,17-/m1/s1. The predicted octanol–water partition coefficient (Wildman–Crippen LogP) is 2.72. The number of nitrogens with zero attached hydrogens (tertiary/aromatic N) is 3. The van der Waals surface area contributed by atoms with Gasteiger partial charge in [-0.3, -0.25) is 19.1 Å². The molecule has 1 fully saturated rings. The van der Waals surface area contributed by atoms with Crippen LogP contribution in [0.4, 0.5) is 0 Å². The fourth-order valence-electron chi connectivity index (χ4n) is 4.32. The van der Waals surface area contributed by atoms with Gasteiger partial charge in [-0.1, -0.05) is 0 Å². The van der Waals surface area contributed by atoms with Crippen molar-refractivity contribution < 1.29 is 22.1 Å². The van der Waals surface area contributed by atoms with E-state index in [0.717, 1.165) is 29.5 Å². The highest BCUT2D eigenvalue weighted by Crippen LogP contribution is 2.45. The third-order valence-corrected chi connectivity index (χ3v) is 6.09. The Kier molecular flexibility index (Phi) is 5.75. The summed E-state index contributed by atoms with van der Waals surface area (Å²) in [6.45, 7) is 2.43. The van der Waals surface area contributed by atoms with Crippen molar-refractivity contribution in [3.05, 3.63) is 47.5 Å². The number of aromatic nitrogens is 2. The fourth-order valence-corrected chi connectivity index (χ4v) is 4.98. The zero-order valence-electron chi connectivity index (χ0n) is 17.2. The molecule has 0 N–H and O–H groups in total. The molecule has 30 heavy (non-hydrogen) atoms. The average molecular weight is 432 g/mol. The summed E-state index contributed by atoms with van der Waals surface area (Å²) in [5.74, 6) is 1.29. The normalized spacial score (nSPS) is 23.2. The summed E-state index contributed by atoms with van der Waals surface area (Å²) in [6.07, 6.45) is 7.63. The van der Waals surface area contributed by atoms with Crippen LogP contribution in [0.5, 0.6) is 11.5 Å². The quantitative estimate of drug-likeness (QED) is 0.648. The number of rotatable bonds is 6. The molecule has 4 rings (SSSR count). The molecule has 3 atom stereocenters. The summed E-state index contributed by atoms with van der Waals surface area (Å²) in [7, 11) is -1.92. The summed E-state index contributed by atoms with van der Waals surface area (Å²) in [5.41, 5.74) is 3.40. The molecule has 1 aliphatic heterocycles. The maximum Gasteiger partial charge on any atom is 0.264 e. The number of aliphatic imine (C=N–C) groups is 1. The second-order valence-electron chi connectivity index (χ2n) is 7.50. The van der Waals surface area contributed by atoms with Crippen LogP contribution in [0.2, 0.25) is 0 Å². The minimum absolute atomic E-state index is 0.0109. The highest BCUT2D eigenvalue weighted by atomic mass is 32.2. The molecule has 2 aliphatic rings. The summed E-state index contributed by atoms with van der Waals surface area (Å²) in [5, 5.41) is 0. The monoisotopic (exact) mass is 431 g/mol. The molecular formula is C21H25N3O5S. The van der Waals surface area contributed by atoms with Crippen LogP contribution in [0.25, 0.3) is 0 Å². The Morgan fingerprint density at radius 3 is 2.67 bits per heavy atom. The van der Waals surface area contributed by atoms with Gasteiger partial charge in [-0.2, -0.15) is 8.42 Å². The third kappa shape index (κ3) is 4.17. The number of ether oxygens (including phenoxy) is 2. The van der Waals surface area contributed by atoms with Crippen molar-refractivity contribution >= 4 is 15.8 Å². The second-order valence-corrected chi connectivity index (χ2v) is 9.10. The van der Waals surface area contributed by atoms with Crippen molar-refractivity contribution in [3.8, 4) is 11.5 Å². The lowest BCUT2D eigenvalue weighted by atomic mass is 9.74. The Bertz CT molecular complexity index is 1060. The van der Waals surface area contributed by atoms with Gasteiger partial charge in [0.2, 0.25) is 0 Å². The molecule has 1 saturated carbocycles. The Labute approximate surface area is 176 Å². The first-order valence-electron chi connectivity index (χ1n) is 9.97. The Morgan fingerprint density at radius 1 is 1.17 bits per heavy atom. The van der Waals surface area contributed by atoms with Gasteiger partial charge in [0, 0.05) is 23.9 Å². The number of hydrogen-bond acceptors (Lipinski definition) is 8. The number of methoxy groups -OCH3 is 1. The highest BCUT2D eigenvalue weighted by molar-refractivity contribution is 7.86. The van der Waals surface area contributed by atoms with E-state index in [1.54, 1.807) is 25.7 Å². The van der Waals surface area contributed by atoms with Crippen LogP contribution in [0.1, 0.15) is 48.9 Å². The van der Waals surface area contributed by atoms with Gasteiger partial charge in [0.15, 0.2) is 11.5 Å². The first kappa shape index (κ1) is 20.7. The molecule has 1 aromatic carbocycles. The van der Waals surface area contributed by atoms with Crippen LogP contribution >= 0.6 is 0 Å². The molecule has 0 spiro atoms. The third-order valence-electron chi connectivity index (χ3n) is 5.47. The number of benzene rings is 1. The molecule has 0 amide bonds. The Hall–Kier alpha value is -2.52. The zero-order valence-corrected chi connectivity index (χ0v) is 18.1. The molecule has 0 unspecified atom stereocenters. The minimum Gasteiger partial charge on any atom is -0.493 e. The van der Waals surface area contributed by atoms with E-state index >= 15 is 0 Å². The second kappa shape index (κ2) is 8.31. The molecule has 9 heteroatoms. The summed E-state index contributed by atoms with van der Waals surface area (Å²) >= 11 is 0. The van der Waals surface area contributed by atoms with E-state index in [-0.39, 0.29) is 18.1 Å². The molecule has 160 valence electrons. The molecule has 0 bridgehead atoms. The topological polar surface area (TPSA) is 100.0 Å². The SMILES string of the molecule is CCOc1cc2c(cc1OC)C(c1cnccn1)=N[C@@H]1CC[C@@H](OS(C)(=O)=O)C[C@H]21. The van der Waals surface area contributed by atoms with Gasteiger partial charge in [-0.25, -0.2) is 0 Å². The van der Waals surface area contributed by atoms with E-state index in [1.807, 2.05) is 19.1 Å². The van der Waals surface area contributed by atoms with Crippen LogP contribution in [-0.2, 0) is 14.3 Å². The summed E-state index contributed by atoms with van der Waals surface area (Å²) in [4.78, 5) is 13.7. The predicted molar refractivity (Wildman–Crippen MR) is 112 cm³/mol.